The van der Waals surface area contributed by atoms with Crippen LogP contribution in [0.1, 0.15) is 37.7 Å². The van der Waals surface area contributed by atoms with E-state index in [2.05, 4.69) is 12.2 Å². The van der Waals surface area contributed by atoms with Crippen LogP contribution in [0.3, 0.4) is 0 Å². The molecule has 0 aliphatic heterocycles. The summed E-state index contributed by atoms with van der Waals surface area (Å²) in [5.41, 5.74) is 6.50. The summed E-state index contributed by atoms with van der Waals surface area (Å²) >= 11 is 5.04. The van der Waals surface area contributed by atoms with Crippen LogP contribution in [0.25, 0.3) is 0 Å². The number of rotatable bonds is 4. The Morgan fingerprint density at radius 3 is 2.44 bits per heavy atom. The van der Waals surface area contributed by atoms with Crippen molar-refractivity contribution in [3.05, 3.63) is 35.9 Å². The molecule has 96 valence electrons. The maximum absolute atomic E-state index is 12.3. The zero-order chi connectivity index (χ0) is 13.2. The van der Waals surface area contributed by atoms with Gasteiger partial charge in [-0.2, -0.15) is 0 Å². The van der Waals surface area contributed by atoms with E-state index in [4.69, 9.17) is 18.0 Å². The highest BCUT2D eigenvalue weighted by molar-refractivity contribution is 7.80. The summed E-state index contributed by atoms with van der Waals surface area (Å²) in [4.78, 5) is 12.5. The average Bonchev–Trinajstić information content (AvgIpc) is 2.28. The minimum absolute atomic E-state index is 0.0745. The fraction of sp³-hybridized carbons (Fsp3) is 0.429. The standard InChI is InChI=1S/C14H18N2OS/c1-14(8-5-9-14)16-13(17)11(12(15)18)10-6-3-2-4-7-10/h2-4,6-7,11H,5,8-9H2,1H3,(H2,15,18)(H,16,17). The van der Waals surface area contributed by atoms with Gasteiger partial charge in [0, 0.05) is 5.54 Å². The third-order valence-electron chi connectivity index (χ3n) is 3.56. The van der Waals surface area contributed by atoms with Crippen LogP contribution in [-0.2, 0) is 4.79 Å². The molecule has 0 bridgehead atoms. The van der Waals surface area contributed by atoms with E-state index in [1.807, 2.05) is 30.3 Å². The topological polar surface area (TPSA) is 55.1 Å². The molecule has 1 amide bonds. The van der Waals surface area contributed by atoms with E-state index in [0.29, 0.717) is 0 Å². The molecule has 1 fully saturated rings. The first-order chi connectivity index (χ1) is 8.52. The van der Waals surface area contributed by atoms with Gasteiger partial charge in [-0.05, 0) is 31.7 Å². The van der Waals surface area contributed by atoms with Crippen molar-refractivity contribution in [3.63, 3.8) is 0 Å². The summed E-state index contributed by atoms with van der Waals surface area (Å²) in [5.74, 6) is -0.616. The molecule has 3 N–H and O–H groups in total. The molecule has 1 aliphatic rings. The molecule has 1 unspecified atom stereocenters. The Bertz CT molecular complexity index is 454. The van der Waals surface area contributed by atoms with Gasteiger partial charge >= 0.3 is 0 Å². The monoisotopic (exact) mass is 262 g/mol. The fourth-order valence-electron chi connectivity index (χ4n) is 2.29. The Labute approximate surface area is 113 Å². The van der Waals surface area contributed by atoms with E-state index in [1.54, 1.807) is 0 Å². The van der Waals surface area contributed by atoms with Crippen molar-refractivity contribution in [1.29, 1.82) is 0 Å². The van der Waals surface area contributed by atoms with Crippen LogP contribution >= 0.6 is 12.2 Å². The Balaban J connectivity index is 2.15. The molecular weight excluding hydrogens is 244 g/mol. The lowest BCUT2D eigenvalue weighted by Gasteiger charge is -2.40. The molecule has 1 aromatic carbocycles. The van der Waals surface area contributed by atoms with Crippen molar-refractivity contribution >= 4 is 23.1 Å². The number of thiocarbonyl (C=S) groups is 1. The SMILES string of the molecule is CC1(NC(=O)C(C(N)=S)c2ccccc2)CCC1. The first-order valence-electron chi connectivity index (χ1n) is 6.18. The predicted molar refractivity (Wildman–Crippen MR) is 76.4 cm³/mol. The Hall–Kier alpha value is -1.42. The van der Waals surface area contributed by atoms with Gasteiger partial charge in [-0.3, -0.25) is 4.79 Å². The highest BCUT2D eigenvalue weighted by atomic mass is 32.1. The van der Waals surface area contributed by atoms with Gasteiger partial charge in [0.1, 0.15) is 5.92 Å². The summed E-state index contributed by atoms with van der Waals surface area (Å²) in [7, 11) is 0. The molecule has 1 aliphatic carbocycles. The van der Waals surface area contributed by atoms with Gasteiger partial charge in [0.2, 0.25) is 5.91 Å². The largest absolute Gasteiger partial charge is 0.392 e. The van der Waals surface area contributed by atoms with Gasteiger partial charge in [-0.1, -0.05) is 42.5 Å². The van der Waals surface area contributed by atoms with Crippen molar-refractivity contribution in [3.8, 4) is 0 Å². The van der Waals surface area contributed by atoms with Crippen molar-refractivity contribution in [1.82, 2.24) is 5.32 Å². The molecule has 1 atom stereocenters. The van der Waals surface area contributed by atoms with E-state index in [9.17, 15) is 4.79 Å². The molecule has 0 spiro atoms. The van der Waals surface area contributed by atoms with E-state index >= 15 is 0 Å². The molecule has 4 heteroatoms. The highest BCUT2D eigenvalue weighted by Gasteiger charge is 2.36. The van der Waals surface area contributed by atoms with Crippen LogP contribution in [0.5, 0.6) is 0 Å². The van der Waals surface area contributed by atoms with E-state index in [1.165, 1.54) is 6.42 Å². The van der Waals surface area contributed by atoms with Crippen molar-refractivity contribution < 1.29 is 4.79 Å². The maximum atomic E-state index is 12.3. The first-order valence-corrected chi connectivity index (χ1v) is 6.59. The number of carbonyl (C=O) groups excluding carboxylic acids is 1. The second kappa shape index (κ2) is 5.06. The molecule has 0 aromatic heterocycles. The van der Waals surface area contributed by atoms with Gasteiger partial charge in [-0.15, -0.1) is 0 Å². The molecular formula is C14H18N2OS. The number of nitrogens with one attached hydrogen (secondary N) is 1. The van der Waals surface area contributed by atoms with Crippen LogP contribution in [0.4, 0.5) is 0 Å². The quantitative estimate of drug-likeness (QED) is 0.817. The normalized spacial score (nSPS) is 18.5. The third-order valence-corrected chi connectivity index (χ3v) is 3.80. The smallest absolute Gasteiger partial charge is 0.234 e. The van der Waals surface area contributed by atoms with Crippen molar-refractivity contribution in [2.75, 3.05) is 0 Å². The molecule has 1 saturated carbocycles. The number of benzene rings is 1. The molecule has 18 heavy (non-hydrogen) atoms. The molecule has 1 aromatic rings. The van der Waals surface area contributed by atoms with Gasteiger partial charge in [0.05, 0.1) is 4.99 Å². The van der Waals surface area contributed by atoms with Crippen molar-refractivity contribution in [2.24, 2.45) is 5.73 Å². The van der Waals surface area contributed by atoms with Gasteiger partial charge in [-0.25, -0.2) is 0 Å². The number of hydrogen-bond acceptors (Lipinski definition) is 2. The Kier molecular flexibility index (Phi) is 3.66. The zero-order valence-corrected chi connectivity index (χ0v) is 11.3. The average molecular weight is 262 g/mol. The minimum atomic E-state index is -0.529. The molecule has 0 radical (unpaired) electrons. The summed E-state index contributed by atoms with van der Waals surface area (Å²) in [6, 6.07) is 9.45. The van der Waals surface area contributed by atoms with E-state index in [0.717, 1.165) is 18.4 Å². The summed E-state index contributed by atoms with van der Waals surface area (Å²) < 4.78 is 0. The van der Waals surface area contributed by atoms with E-state index in [-0.39, 0.29) is 16.4 Å². The van der Waals surface area contributed by atoms with Crippen LogP contribution < -0.4 is 11.1 Å². The number of nitrogens with two attached hydrogens (primary N) is 1. The predicted octanol–water partition coefficient (Wildman–Crippen LogP) is 2.12. The van der Waals surface area contributed by atoms with Crippen LogP contribution in [-0.4, -0.2) is 16.4 Å². The van der Waals surface area contributed by atoms with Gasteiger partial charge in [0.15, 0.2) is 0 Å². The molecule has 3 nitrogen and oxygen atoms in total. The molecule has 2 rings (SSSR count). The summed E-state index contributed by atoms with van der Waals surface area (Å²) in [6.45, 7) is 2.07. The van der Waals surface area contributed by atoms with Gasteiger partial charge < -0.3 is 11.1 Å². The third kappa shape index (κ3) is 2.70. The van der Waals surface area contributed by atoms with Crippen LogP contribution in [0.2, 0.25) is 0 Å². The molecule has 0 heterocycles. The van der Waals surface area contributed by atoms with Crippen LogP contribution in [0.15, 0.2) is 30.3 Å². The lowest BCUT2D eigenvalue weighted by atomic mass is 9.78. The van der Waals surface area contributed by atoms with Crippen molar-refractivity contribution in [2.45, 2.75) is 37.6 Å². The maximum Gasteiger partial charge on any atom is 0.234 e. The van der Waals surface area contributed by atoms with Crippen LogP contribution in [0, 0.1) is 0 Å². The number of hydrogen-bond donors (Lipinski definition) is 2. The zero-order valence-electron chi connectivity index (χ0n) is 10.5. The summed E-state index contributed by atoms with van der Waals surface area (Å²) in [5, 5.41) is 3.07. The fourth-order valence-corrected chi connectivity index (χ4v) is 2.54. The highest BCUT2D eigenvalue weighted by Crippen LogP contribution is 2.32. The minimum Gasteiger partial charge on any atom is -0.392 e. The lowest BCUT2D eigenvalue weighted by Crippen LogP contribution is -2.53. The van der Waals surface area contributed by atoms with Gasteiger partial charge in [0.25, 0.3) is 0 Å². The second-order valence-corrected chi connectivity index (χ2v) is 5.62. The first kappa shape index (κ1) is 13.0. The second-order valence-electron chi connectivity index (χ2n) is 5.15. The summed E-state index contributed by atoms with van der Waals surface area (Å²) in [6.07, 6.45) is 3.22. The molecule has 0 saturated heterocycles. The number of amides is 1. The Morgan fingerprint density at radius 1 is 1.39 bits per heavy atom. The Morgan fingerprint density at radius 2 is 2.00 bits per heavy atom. The number of carbonyl (C=O) groups is 1. The van der Waals surface area contributed by atoms with E-state index < -0.39 is 5.92 Å². The lowest BCUT2D eigenvalue weighted by molar-refractivity contribution is -0.123.